The third-order valence-corrected chi connectivity index (χ3v) is 3.20. The Labute approximate surface area is 103 Å². The molecule has 17 heavy (non-hydrogen) atoms. The van der Waals surface area contributed by atoms with Crippen LogP contribution in [0, 0.1) is 0 Å². The summed E-state index contributed by atoms with van der Waals surface area (Å²) in [5.74, 6) is 0. The van der Waals surface area contributed by atoms with Crippen LogP contribution in [0.1, 0.15) is 31.4 Å². The van der Waals surface area contributed by atoms with Crippen molar-refractivity contribution in [1.82, 2.24) is 0 Å². The van der Waals surface area contributed by atoms with Crippen molar-refractivity contribution < 1.29 is 0 Å². The largest absolute Gasteiger partial charge is 0.399 e. The zero-order chi connectivity index (χ0) is 12.3. The molecule has 0 unspecified atom stereocenters. The molecule has 0 radical (unpaired) electrons. The van der Waals surface area contributed by atoms with Crippen LogP contribution in [0.4, 0.5) is 5.69 Å². The number of nitrogen functional groups attached to an aromatic ring is 1. The first-order valence-electron chi connectivity index (χ1n) is 6.14. The van der Waals surface area contributed by atoms with Crippen LogP contribution in [-0.2, 0) is 6.42 Å². The van der Waals surface area contributed by atoms with E-state index in [0.29, 0.717) is 0 Å². The molecule has 0 bridgehead atoms. The van der Waals surface area contributed by atoms with Crippen LogP contribution in [0.15, 0.2) is 48.1 Å². The van der Waals surface area contributed by atoms with Crippen molar-refractivity contribution >= 4 is 11.3 Å². The molecule has 1 aliphatic rings. The Hall–Kier alpha value is -1.76. The van der Waals surface area contributed by atoms with E-state index in [4.69, 9.17) is 5.73 Å². The molecule has 1 nitrogen and oxygen atoms in total. The minimum atomic E-state index is 0.836. The number of hydrogen-bond donors (Lipinski definition) is 1. The second-order valence-corrected chi connectivity index (χ2v) is 4.46. The smallest absolute Gasteiger partial charge is 0.0320 e. The molecule has 0 fully saturated rings. The lowest BCUT2D eigenvalue weighted by Gasteiger charge is -2.12. The van der Waals surface area contributed by atoms with Gasteiger partial charge in [-0.2, -0.15) is 0 Å². The lowest BCUT2D eigenvalue weighted by molar-refractivity contribution is 1.12. The Morgan fingerprint density at radius 3 is 2.82 bits per heavy atom. The molecule has 0 saturated carbocycles. The maximum absolute atomic E-state index is 5.91. The number of benzene rings is 1. The summed E-state index contributed by atoms with van der Waals surface area (Å²) in [4.78, 5) is 0. The normalized spacial score (nSPS) is 15.2. The van der Waals surface area contributed by atoms with Crippen LogP contribution >= 0.6 is 0 Å². The first kappa shape index (κ1) is 11.7. The fourth-order valence-corrected chi connectivity index (χ4v) is 2.20. The van der Waals surface area contributed by atoms with Gasteiger partial charge in [0.15, 0.2) is 0 Å². The lowest BCUT2D eigenvalue weighted by Crippen LogP contribution is -1.96. The van der Waals surface area contributed by atoms with E-state index in [1.54, 1.807) is 0 Å². The molecular formula is C16H19N. The third-order valence-electron chi connectivity index (χ3n) is 3.20. The molecule has 1 aliphatic carbocycles. The summed E-state index contributed by atoms with van der Waals surface area (Å²) in [5, 5.41) is 0. The van der Waals surface area contributed by atoms with Crippen molar-refractivity contribution in [1.29, 1.82) is 0 Å². The van der Waals surface area contributed by atoms with E-state index in [0.717, 1.165) is 18.5 Å². The van der Waals surface area contributed by atoms with E-state index >= 15 is 0 Å². The summed E-state index contributed by atoms with van der Waals surface area (Å²) in [7, 11) is 0. The van der Waals surface area contributed by atoms with E-state index in [-0.39, 0.29) is 0 Å². The van der Waals surface area contributed by atoms with Gasteiger partial charge >= 0.3 is 0 Å². The predicted octanol–water partition coefficient (Wildman–Crippen LogP) is 4.12. The van der Waals surface area contributed by atoms with Gasteiger partial charge in [-0.25, -0.2) is 0 Å². The molecule has 1 aromatic carbocycles. The van der Waals surface area contributed by atoms with Crippen LogP contribution in [0.2, 0.25) is 0 Å². The molecule has 88 valence electrons. The highest BCUT2D eigenvalue weighted by molar-refractivity contribution is 5.80. The Kier molecular flexibility index (Phi) is 3.48. The van der Waals surface area contributed by atoms with Gasteiger partial charge in [0.25, 0.3) is 0 Å². The molecule has 0 atom stereocenters. The Bertz CT molecular complexity index is 504. The van der Waals surface area contributed by atoms with Gasteiger partial charge in [0.2, 0.25) is 0 Å². The number of aryl methyl sites for hydroxylation is 1. The van der Waals surface area contributed by atoms with Crippen molar-refractivity contribution in [3.63, 3.8) is 0 Å². The summed E-state index contributed by atoms with van der Waals surface area (Å²) in [6.07, 6.45) is 10.6. The monoisotopic (exact) mass is 225 g/mol. The van der Waals surface area contributed by atoms with Gasteiger partial charge in [-0.15, -0.1) is 0 Å². The molecule has 2 N–H and O–H groups in total. The third kappa shape index (κ3) is 2.50. The number of hydrogen-bond acceptors (Lipinski definition) is 1. The summed E-state index contributed by atoms with van der Waals surface area (Å²) >= 11 is 0. The Morgan fingerprint density at radius 1 is 1.24 bits per heavy atom. The fraction of sp³-hybridized carbons (Fsp3) is 0.250. The van der Waals surface area contributed by atoms with Crippen molar-refractivity contribution in [2.24, 2.45) is 0 Å². The highest BCUT2D eigenvalue weighted by Gasteiger charge is 2.08. The zero-order valence-electron chi connectivity index (χ0n) is 10.5. The number of rotatable bonds is 2. The van der Waals surface area contributed by atoms with Gasteiger partial charge in [0.05, 0.1) is 0 Å². The second kappa shape index (κ2) is 5.05. The van der Waals surface area contributed by atoms with Crippen LogP contribution in [0.5, 0.6) is 0 Å². The van der Waals surface area contributed by atoms with Crippen LogP contribution < -0.4 is 5.73 Å². The van der Waals surface area contributed by atoms with E-state index in [9.17, 15) is 0 Å². The lowest BCUT2D eigenvalue weighted by atomic mass is 9.93. The molecule has 0 heterocycles. The maximum atomic E-state index is 5.91. The van der Waals surface area contributed by atoms with Crippen molar-refractivity contribution in [3.05, 3.63) is 59.2 Å². The average Bonchev–Trinajstić information content (AvgIpc) is 2.54. The molecule has 0 amide bonds. The molecule has 0 spiro atoms. The standard InChI is InChI=1S/C16H19N/c1-3-13-9-10-14(17)11-16(13)15-8-6-4-5-7-12(15)2/h4-6,8-11H,3,7,17H2,1-2H3. The molecular weight excluding hydrogens is 206 g/mol. The van der Waals surface area contributed by atoms with Gasteiger partial charge in [-0.1, -0.05) is 42.9 Å². The van der Waals surface area contributed by atoms with Gasteiger partial charge in [0.1, 0.15) is 0 Å². The highest BCUT2D eigenvalue weighted by atomic mass is 14.5. The highest BCUT2D eigenvalue weighted by Crippen LogP contribution is 2.29. The molecule has 0 aliphatic heterocycles. The number of nitrogens with two attached hydrogens (primary N) is 1. The maximum Gasteiger partial charge on any atom is 0.0320 e. The van der Waals surface area contributed by atoms with E-state index in [2.05, 4.69) is 50.3 Å². The van der Waals surface area contributed by atoms with Gasteiger partial charge in [0, 0.05) is 5.69 Å². The van der Waals surface area contributed by atoms with Gasteiger partial charge in [-0.3, -0.25) is 0 Å². The number of allylic oxidation sites excluding steroid dienone is 6. The van der Waals surface area contributed by atoms with Crippen LogP contribution in [-0.4, -0.2) is 0 Å². The van der Waals surface area contributed by atoms with Crippen LogP contribution in [0.25, 0.3) is 5.57 Å². The molecule has 0 saturated heterocycles. The first-order valence-corrected chi connectivity index (χ1v) is 6.14. The summed E-state index contributed by atoms with van der Waals surface area (Å²) < 4.78 is 0. The van der Waals surface area contributed by atoms with Gasteiger partial charge < -0.3 is 5.73 Å². The Morgan fingerprint density at radius 2 is 2.06 bits per heavy atom. The first-order chi connectivity index (χ1) is 8.22. The van der Waals surface area contributed by atoms with Crippen LogP contribution in [0.3, 0.4) is 0 Å². The molecule has 1 heteroatoms. The Balaban J connectivity index is 2.56. The second-order valence-electron chi connectivity index (χ2n) is 4.46. The van der Waals surface area contributed by atoms with E-state index in [1.807, 2.05) is 6.07 Å². The topological polar surface area (TPSA) is 26.0 Å². The van der Waals surface area contributed by atoms with Crippen molar-refractivity contribution in [2.45, 2.75) is 26.7 Å². The zero-order valence-corrected chi connectivity index (χ0v) is 10.5. The SMILES string of the molecule is CCc1ccc(N)cc1C1=C(C)CC=CC=C1. The molecule has 2 rings (SSSR count). The van der Waals surface area contributed by atoms with Crippen molar-refractivity contribution in [3.8, 4) is 0 Å². The summed E-state index contributed by atoms with van der Waals surface area (Å²) in [6, 6.07) is 6.21. The minimum Gasteiger partial charge on any atom is -0.399 e. The molecule has 1 aromatic rings. The average molecular weight is 225 g/mol. The van der Waals surface area contributed by atoms with E-state index < -0.39 is 0 Å². The van der Waals surface area contributed by atoms with E-state index in [1.165, 1.54) is 22.3 Å². The summed E-state index contributed by atoms with van der Waals surface area (Å²) in [5.41, 5.74) is 12.1. The summed E-state index contributed by atoms with van der Waals surface area (Å²) in [6.45, 7) is 4.38. The number of anilines is 1. The minimum absolute atomic E-state index is 0.836. The van der Waals surface area contributed by atoms with Crippen molar-refractivity contribution in [2.75, 3.05) is 5.73 Å². The predicted molar refractivity (Wildman–Crippen MR) is 75.7 cm³/mol. The quantitative estimate of drug-likeness (QED) is 0.753. The van der Waals surface area contributed by atoms with Gasteiger partial charge in [-0.05, 0) is 48.6 Å². The molecule has 0 aromatic heterocycles. The fourth-order valence-electron chi connectivity index (χ4n) is 2.20.